The van der Waals surface area contributed by atoms with Crippen LogP contribution in [-0.2, 0) is 22.4 Å². The number of ether oxygens (including phenoxy) is 1. The molecule has 2 heterocycles. The van der Waals surface area contributed by atoms with Gasteiger partial charge >= 0.3 is 5.69 Å². The van der Waals surface area contributed by atoms with E-state index in [0.29, 0.717) is 31.7 Å². The first kappa shape index (κ1) is 17.4. The number of amides is 1. The van der Waals surface area contributed by atoms with E-state index >= 15 is 0 Å². The van der Waals surface area contributed by atoms with E-state index in [2.05, 4.69) is 27.4 Å². The number of hydrogen-bond acceptors (Lipinski definition) is 4. The molecule has 0 fully saturated rings. The Kier molecular flexibility index (Phi) is 5.28. The van der Waals surface area contributed by atoms with Crippen molar-refractivity contribution in [2.24, 2.45) is 0 Å². The van der Waals surface area contributed by atoms with Gasteiger partial charge in [0.2, 0.25) is 5.91 Å². The van der Waals surface area contributed by atoms with Crippen LogP contribution in [0.3, 0.4) is 0 Å². The zero-order valence-corrected chi connectivity index (χ0v) is 14.6. The van der Waals surface area contributed by atoms with Gasteiger partial charge in [0.05, 0.1) is 6.61 Å². The minimum Gasteiger partial charge on any atom is -0.371 e. The molecule has 0 bridgehead atoms. The molecule has 2 N–H and O–H groups in total. The van der Waals surface area contributed by atoms with Gasteiger partial charge in [0.15, 0.2) is 0 Å². The second kappa shape index (κ2) is 7.61. The van der Waals surface area contributed by atoms with Crippen molar-refractivity contribution in [3.05, 3.63) is 62.8 Å². The summed E-state index contributed by atoms with van der Waals surface area (Å²) in [6, 6.07) is 8.20. The normalized spacial score (nSPS) is 16.3. The summed E-state index contributed by atoms with van der Waals surface area (Å²) in [7, 11) is 0. The second-order valence-corrected chi connectivity index (χ2v) is 6.34. The summed E-state index contributed by atoms with van der Waals surface area (Å²) in [4.78, 5) is 30.1. The maximum atomic E-state index is 12.2. The van der Waals surface area contributed by atoms with Crippen molar-refractivity contribution in [2.45, 2.75) is 39.2 Å². The van der Waals surface area contributed by atoms with E-state index < -0.39 is 0 Å². The molecule has 3 rings (SSSR count). The molecule has 1 aliphatic heterocycles. The summed E-state index contributed by atoms with van der Waals surface area (Å²) in [5.74, 6) is -0.0309. The Bertz CT molecular complexity index is 803. The number of carbonyl (C=O) groups excluding carboxylic acids is 1. The maximum absolute atomic E-state index is 12.2. The molecular weight excluding hydrogens is 318 g/mol. The molecule has 0 aliphatic carbocycles. The largest absolute Gasteiger partial charge is 0.371 e. The van der Waals surface area contributed by atoms with Crippen molar-refractivity contribution in [3.63, 3.8) is 0 Å². The lowest BCUT2D eigenvalue weighted by atomic mass is 9.97. The van der Waals surface area contributed by atoms with Crippen LogP contribution >= 0.6 is 0 Å². The van der Waals surface area contributed by atoms with Crippen LogP contribution in [0.25, 0.3) is 0 Å². The topological polar surface area (TPSA) is 84.1 Å². The lowest BCUT2D eigenvalue weighted by Gasteiger charge is -2.26. The predicted octanol–water partition coefficient (Wildman–Crippen LogP) is 1.75. The first-order valence-corrected chi connectivity index (χ1v) is 8.57. The minimum atomic E-state index is -0.351. The Labute approximate surface area is 146 Å². The summed E-state index contributed by atoms with van der Waals surface area (Å²) in [6.45, 7) is 4.77. The van der Waals surface area contributed by atoms with Gasteiger partial charge < -0.3 is 15.0 Å². The molecule has 1 aromatic carbocycles. The fraction of sp³-hybridized carbons (Fsp3) is 0.421. The molecule has 1 atom stereocenters. The molecule has 0 saturated carbocycles. The van der Waals surface area contributed by atoms with Gasteiger partial charge in [-0.1, -0.05) is 24.3 Å². The van der Waals surface area contributed by atoms with Crippen molar-refractivity contribution in [2.75, 3.05) is 13.2 Å². The lowest BCUT2D eigenvalue weighted by molar-refractivity contribution is -0.121. The lowest BCUT2D eigenvalue weighted by Crippen LogP contribution is -2.32. The van der Waals surface area contributed by atoms with Crippen LogP contribution in [-0.4, -0.2) is 29.0 Å². The summed E-state index contributed by atoms with van der Waals surface area (Å²) >= 11 is 0. The molecule has 6 nitrogen and oxygen atoms in total. The zero-order valence-electron chi connectivity index (χ0n) is 14.6. The molecule has 0 radical (unpaired) electrons. The first-order valence-electron chi connectivity index (χ1n) is 8.57. The number of hydrogen-bond donors (Lipinski definition) is 2. The van der Waals surface area contributed by atoms with E-state index in [-0.39, 0.29) is 17.7 Å². The Morgan fingerprint density at radius 3 is 2.96 bits per heavy atom. The molecule has 1 aromatic heterocycles. The molecular formula is C19H23N3O3. The molecule has 2 aromatic rings. The van der Waals surface area contributed by atoms with Crippen LogP contribution in [0.4, 0.5) is 0 Å². The quantitative estimate of drug-likeness (QED) is 0.868. The molecule has 132 valence electrons. The van der Waals surface area contributed by atoms with E-state index in [9.17, 15) is 9.59 Å². The van der Waals surface area contributed by atoms with E-state index in [0.717, 1.165) is 23.2 Å². The van der Waals surface area contributed by atoms with Crippen molar-refractivity contribution < 1.29 is 9.53 Å². The molecule has 1 amide bonds. The van der Waals surface area contributed by atoms with Gasteiger partial charge in [-0.15, -0.1) is 0 Å². The van der Waals surface area contributed by atoms with Crippen LogP contribution in [0.2, 0.25) is 0 Å². The van der Waals surface area contributed by atoms with Crippen molar-refractivity contribution in [1.82, 2.24) is 15.3 Å². The van der Waals surface area contributed by atoms with Crippen molar-refractivity contribution in [1.29, 1.82) is 0 Å². The highest BCUT2D eigenvalue weighted by Gasteiger charge is 2.20. The monoisotopic (exact) mass is 341 g/mol. The third-order valence-corrected chi connectivity index (χ3v) is 4.63. The Morgan fingerprint density at radius 1 is 1.36 bits per heavy atom. The fourth-order valence-electron chi connectivity index (χ4n) is 3.30. The first-order chi connectivity index (χ1) is 12.0. The van der Waals surface area contributed by atoms with Crippen molar-refractivity contribution >= 4 is 5.91 Å². The van der Waals surface area contributed by atoms with Gasteiger partial charge in [0.25, 0.3) is 0 Å². The molecule has 6 heteroatoms. The van der Waals surface area contributed by atoms with Gasteiger partial charge in [-0.2, -0.15) is 4.98 Å². The smallest absolute Gasteiger partial charge is 0.345 e. The number of nitrogens with one attached hydrogen (secondary N) is 2. The summed E-state index contributed by atoms with van der Waals surface area (Å²) in [5, 5.41) is 2.96. The Morgan fingerprint density at radius 2 is 2.16 bits per heavy atom. The van der Waals surface area contributed by atoms with Crippen LogP contribution in [0, 0.1) is 13.8 Å². The molecule has 25 heavy (non-hydrogen) atoms. The van der Waals surface area contributed by atoms with E-state index in [4.69, 9.17) is 4.74 Å². The molecule has 0 spiro atoms. The molecule has 0 unspecified atom stereocenters. The minimum absolute atomic E-state index is 0.0309. The number of aromatic nitrogens is 2. The van der Waals surface area contributed by atoms with Gasteiger partial charge in [-0.25, -0.2) is 4.79 Å². The average molecular weight is 341 g/mol. The standard InChI is InChI=1S/C19H23N3O3/c1-12-15(13(2)22-19(24)21-12)7-8-18(23)20-11-17-16-6-4-3-5-14(16)9-10-25-17/h3-6,17H,7-11H2,1-2H3,(H,20,23)(H,21,22,24)/t17-/m1/s1. The summed E-state index contributed by atoms with van der Waals surface area (Å²) in [6.07, 6.45) is 1.73. The van der Waals surface area contributed by atoms with E-state index in [1.165, 1.54) is 5.56 Å². The number of fused-ring (bicyclic) bond motifs is 1. The number of aryl methyl sites for hydroxylation is 2. The highest BCUT2D eigenvalue weighted by molar-refractivity contribution is 5.76. The maximum Gasteiger partial charge on any atom is 0.345 e. The van der Waals surface area contributed by atoms with Gasteiger partial charge in [-0.3, -0.25) is 4.79 Å². The highest BCUT2D eigenvalue weighted by Crippen LogP contribution is 2.26. The predicted molar refractivity (Wildman–Crippen MR) is 94.5 cm³/mol. The number of carbonyl (C=O) groups is 1. The average Bonchev–Trinajstić information content (AvgIpc) is 2.59. The van der Waals surface area contributed by atoms with E-state index in [1.807, 2.05) is 19.1 Å². The summed E-state index contributed by atoms with van der Waals surface area (Å²) in [5.41, 5.74) is 4.47. The third-order valence-electron chi connectivity index (χ3n) is 4.63. The van der Waals surface area contributed by atoms with E-state index in [1.54, 1.807) is 6.92 Å². The number of benzene rings is 1. The van der Waals surface area contributed by atoms with Gasteiger partial charge in [0, 0.05) is 24.4 Å². The number of nitrogens with zero attached hydrogens (tertiary/aromatic N) is 1. The van der Waals surface area contributed by atoms with Gasteiger partial charge in [-0.05, 0) is 43.4 Å². The molecule has 1 aliphatic rings. The Hall–Kier alpha value is -2.47. The van der Waals surface area contributed by atoms with Crippen LogP contribution in [0.15, 0.2) is 29.1 Å². The number of aromatic amines is 1. The summed E-state index contributed by atoms with van der Waals surface area (Å²) < 4.78 is 5.80. The highest BCUT2D eigenvalue weighted by atomic mass is 16.5. The SMILES string of the molecule is Cc1nc(=O)[nH]c(C)c1CCC(=O)NC[C@H]1OCCc2ccccc21. The zero-order chi connectivity index (χ0) is 17.8. The second-order valence-electron chi connectivity index (χ2n) is 6.34. The van der Waals surface area contributed by atoms with Crippen LogP contribution in [0.1, 0.15) is 40.6 Å². The van der Waals surface area contributed by atoms with Crippen molar-refractivity contribution in [3.8, 4) is 0 Å². The molecule has 0 saturated heterocycles. The fourth-order valence-corrected chi connectivity index (χ4v) is 3.30. The Balaban J connectivity index is 1.55. The number of H-pyrrole nitrogens is 1. The third kappa shape index (κ3) is 4.14. The van der Waals surface area contributed by atoms with Crippen LogP contribution < -0.4 is 11.0 Å². The van der Waals surface area contributed by atoms with Crippen LogP contribution in [0.5, 0.6) is 0 Å². The van der Waals surface area contributed by atoms with Gasteiger partial charge in [0.1, 0.15) is 6.10 Å². The number of rotatable bonds is 5.